The van der Waals surface area contributed by atoms with Crippen LogP contribution < -0.4 is 5.32 Å². The number of fused-ring (bicyclic) bond motifs is 1. The van der Waals surface area contributed by atoms with Crippen molar-refractivity contribution in [1.29, 1.82) is 0 Å². The zero-order valence-corrected chi connectivity index (χ0v) is 10.7. The summed E-state index contributed by atoms with van der Waals surface area (Å²) in [5, 5.41) is 6.58. The van der Waals surface area contributed by atoms with Crippen LogP contribution in [0.15, 0.2) is 17.6 Å². The van der Waals surface area contributed by atoms with Gasteiger partial charge in [-0.2, -0.15) is 0 Å². The maximum Gasteiger partial charge on any atom is 0.224 e. The van der Waals surface area contributed by atoms with Crippen LogP contribution >= 0.6 is 11.3 Å². The summed E-state index contributed by atoms with van der Waals surface area (Å²) in [6, 6.07) is 2.06. The van der Waals surface area contributed by atoms with Crippen LogP contribution in [0.2, 0.25) is 0 Å². The third-order valence-corrected chi connectivity index (χ3v) is 4.30. The summed E-state index contributed by atoms with van der Waals surface area (Å²) in [4.78, 5) is 9.94. The maximum atomic E-state index is 4.52. The lowest BCUT2D eigenvalue weighted by molar-refractivity contribution is 0.373. The van der Waals surface area contributed by atoms with E-state index in [1.165, 1.54) is 32.1 Å². The molecule has 1 fully saturated rings. The van der Waals surface area contributed by atoms with E-state index in [9.17, 15) is 0 Å². The second kappa shape index (κ2) is 5.00. The van der Waals surface area contributed by atoms with Crippen LogP contribution in [0.5, 0.6) is 0 Å². The van der Waals surface area contributed by atoms with E-state index in [4.69, 9.17) is 0 Å². The quantitative estimate of drug-likeness (QED) is 0.899. The number of rotatable bonds is 3. The van der Waals surface area contributed by atoms with Gasteiger partial charge in [0.2, 0.25) is 5.95 Å². The summed E-state index contributed by atoms with van der Waals surface area (Å²) in [5.41, 5.74) is 0. The van der Waals surface area contributed by atoms with Crippen molar-refractivity contribution in [3.8, 4) is 0 Å². The van der Waals surface area contributed by atoms with E-state index in [2.05, 4.69) is 26.7 Å². The molecule has 0 unspecified atom stereocenters. The van der Waals surface area contributed by atoms with Crippen molar-refractivity contribution in [2.75, 3.05) is 11.9 Å². The van der Waals surface area contributed by atoms with E-state index in [-0.39, 0.29) is 0 Å². The Labute approximate surface area is 105 Å². The second-order valence-corrected chi connectivity index (χ2v) is 5.65. The van der Waals surface area contributed by atoms with Gasteiger partial charge in [-0.05, 0) is 30.2 Å². The van der Waals surface area contributed by atoms with Crippen molar-refractivity contribution in [3.63, 3.8) is 0 Å². The average Bonchev–Trinajstić information content (AvgIpc) is 2.85. The minimum Gasteiger partial charge on any atom is -0.354 e. The monoisotopic (exact) mass is 247 g/mol. The van der Waals surface area contributed by atoms with E-state index in [0.29, 0.717) is 0 Å². The topological polar surface area (TPSA) is 37.8 Å². The summed E-state index contributed by atoms with van der Waals surface area (Å²) in [7, 11) is 0. The first-order chi connectivity index (χ1) is 8.42. The molecule has 0 saturated heterocycles. The fourth-order valence-electron chi connectivity index (χ4n) is 2.47. The Hall–Kier alpha value is -1.16. The van der Waals surface area contributed by atoms with Crippen LogP contribution in [-0.4, -0.2) is 16.5 Å². The molecule has 17 heavy (non-hydrogen) atoms. The normalized spacial score (nSPS) is 17.4. The highest BCUT2D eigenvalue weighted by Gasteiger charge is 2.13. The molecule has 1 aliphatic carbocycles. The number of hydrogen-bond acceptors (Lipinski definition) is 4. The smallest absolute Gasteiger partial charge is 0.224 e. The highest BCUT2D eigenvalue weighted by molar-refractivity contribution is 7.16. The van der Waals surface area contributed by atoms with E-state index in [1.807, 2.05) is 6.20 Å². The largest absolute Gasteiger partial charge is 0.354 e. The number of nitrogens with one attached hydrogen (secondary N) is 1. The zero-order chi connectivity index (χ0) is 11.5. The Morgan fingerprint density at radius 2 is 2.18 bits per heavy atom. The average molecular weight is 247 g/mol. The maximum absolute atomic E-state index is 4.52. The molecule has 0 spiro atoms. The van der Waals surface area contributed by atoms with Gasteiger partial charge in [0.1, 0.15) is 4.83 Å². The Morgan fingerprint density at radius 3 is 3.06 bits per heavy atom. The molecular formula is C13H17N3S. The van der Waals surface area contributed by atoms with Gasteiger partial charge in [0, 0.05) is 18.1 Å². The van der Waals surface area contributed by atoms with Crippen LogP contribution in [0.4, 0.5) is 5.95 Å². The van der Waals surface area contributed by atoms with Crippen LogP contribution in [-0.2, 0) is 0 Å². The Bertz CT molecular complexity index is 488. The first kappa shape index (κ1) is 11.0. The summed E-state index contributed by atoms with van der Waals surface area (Å²) < 4.78 is 0. The SMILES string of the molecule is c1cc2cnc(NCC3CCCCC3)nc2s1. The van der Waals surface area contributed by atoms with Crippen LogP contribution in [0.25, 0.3) is 10.2 Å². The number of aromatic nitrogens is 2. The lowest BCUT2D eigenvalue weighted by Gasteiger charge is -2.21. The van der Waals surface area contributed by atoms with Crippen LogP contribution in [0, 0.1) is 5.92 Å². The van der Waals surface area contributed by atoms with Crippen molar-refractivity contribution in [2.24, 2.45) is 5.92 Å². The Balaban J connectivity index is 1.63. The number of hydrogen-bond donors (Lipinski definition) is 1. The van der Waals surface area contributed by atoms with Crippen molar-refractivity contribution in [1.82, 2.24) is 9.97 Å². The molecule has 4 heteroatoms. The van der Waals surface area contributed by atoms with Crippen molar-refractivity contribution >= 4 is 27.5 Å². The first-order valence-electron chi connectivity index (χ1n) is 6.36. The molecule has 0 aliphatic heterocycles. The lowest BCUT2D eigenvalue weighted by atomic mass is 9.89. The van der Waals surface area contributed by atoms with Gasteiger partial charge in [0.05, 0.1) is 0 Å². The molecule has 2 aromatic heterocycles. The molecule has 3 nitrogen and oxygen atoms in total. The van der Waals surface area contributed by atoms with Crippen molar-refractivity contribution < 1.29 is 0 Å². The predicted molar refractivity (Wildman–Crippen MR) is 72.5 cm³/mol. The van der Waals surface area contributed by atoms with E-state index < -0.39 is 0 Å². The molecule has 0 radical (unpaired) electrons. The molecular weight excluding hydrogens is 230 g/mol. The molecule has 1 aliphatic rings. The highest BCUT2D eigenvalue weighted by Crippen LogP contribution is 2.24. The van der Waals surface area contributed by atoms with Gasteiger partial charge in [-0.15, -0.1) is 11.3 Å². The first-order valence-corrected chi connectivity index (χ1v) is 7.24. The third-order valence-electron chi connectivity index (χ3n) is 3.48. The third kappa shape index (κ3) is 2.57. The Morgan fingerprint density at radius 1 is 1.29 bits per heavy atom. The van der Waals surface area contributed by atoms with Gasteiger partial charge in [-0.1, -0.05) is 19.3 Å². The number of nitrogens with zero attached hydrogens (tertiary/aromatic N) is 2. The van der Waals surface area contributed by atoms with E-state index in [1.54, 1.807) is 11.3 Å². The van der Waals surface area contributed by atoms with E-state index in [0.717, 1.165) is 28.6 Å². The van der Waals surface area contributed by atoms with Gasteiger partial charge in [-0.25, -0.2) is 9.97 Å². The second-order valence-electron chi connectivity index (χ2n) is 4.76. The van der Waals surface area contributed by atoms with Gasteiger partial charge in [-0.3, -0.25) is 0 Å². The molecule has 90 valence electrons. The molecule has 2 aromatic rings. The minimum absolute atomic E-state index is 0.783. The van der Waals surface area contributed by atoms with Crippen LogP contribution in [0.1, 0.15) is 32.1 Å². The molecule has 0 aromatic carbocycles. The van der Waals surface area contributed by atoms with Crippen molar-refractivity contribution in [3.05, 3.63) is 17.6 Å². The van der Waals surface area contributed by atoms with Gasteiger partial charge >= 0.3 is 0 Å². The molecule has 2 heterocycles. The minimum atomic E-state index is 0.783. The molecule has 0 bridgehead atoms. The molecule has 0 atom stereocenters. The predicted octanol–water partition coefficient (Wildman–Crippen LogP) is 3.68. The van der Waals surface area contributed by atoms with Crippen LogP contribution in [0.3, 0.4) is 0 Å². The fourth-order valence-corrected chi connectivity index (χ4v) is 3.21. The summed E-state index contributed by atoms with van der Waals surface area (Å²) >= 11 is 1.67. The number of anilines is 1. The Kier molecular flexibility index (Phi) is 3.22. The molecule has 1 saturated carbocycles. The zero-order valence-electron chi connectivity index (χ0n) is 9.85. The summed E-state index contributed by atoms with van der Waals surface area (Å²) in [6.07, 6.45) is 8.80. The number of thiophene rings is 1. The molecule has 3 rings (SSSR count). The van der Waals surface area contributed by atoms with Gasteiger partial charge < -0.3 is 5.32 Å². The van der Waals surface area contributed by atoms with Gasteiger partial charge in [0.15, 0.2) is 0 Å². The lowest BCUT2D eigenvalue weighted by Crippen LogP contribution is -2.18. The van der Waals surface area contributed by atoms with Gasteiger partial charge in [0.25, 0.3) is 0 Å². The van der Waals surface area contributed by atoms with Crippen molar-refractivity contribution in [2.45, 2.75) is 32.1 Å². The standard InChI is InChI=1S/C13H17N3S/c1-2-4-10(5-3-1)8-14-13-15-9-11-6-7-17-12(11)16-13/h6-7,9-10H,1-5,8H2,(H,14,15,16). The highest BCUT2D eigenvalue weighted by atomic mass is 32.1. The molecule has 0 amide bonds. The fraction of sp³-hybridized carbons (Fsp3) is 0.538. The summed E-state index contributed by atoms with van der Waals surface area (Å²) in [6.45, 7) is 1.02. The van der Waals surface area contributed by atoms with E-state index >= 15 is 0 Å². The molecule has 1 N–H and O–H groups in total. The summed E-state index contributed by atoms with van der Waals surface area (Å²) in [5.74, 6) is 1.59.